The number of anilines is 1. The summed E-state index contributed by atoms with van der Waals surface area (Å²) < 4.78 is 0. The number of hydrogen-bond donors (Lipinski definition) is 0. The number of hydrogen-bond acceptors (Lipinski definition) is 4. The topological polar surface area (TPSA) is 30.0 Å². The summed E-state index contributed by atoms with van der Waals surface area (Å²) in [6, 6.07) is 36.7. The molecule has 41 heavy (non-hydrogen) atoms. The lowest BCUT2D eigenvalue weighted by molar-refractivity contribution is -0.0365. The van der Waals surface area contributed by atoms with Gasteiger partial charge in [0.25, 0.3) is 5.91 Å². The van der Waals surface area contributed by atoms with Gasteiger partial charge in [-0.3, -0.25) is 4.79 Å². The van der Waals surface area contributed by atoms with Gasteiger partial charge in [-0.15, -0.1) is 0 Å². The summed E-state index contributed by atoms with van der Waals surface area (Å²) >= 11 is 0. The molecule has 208 valence electrons. The number of benzene rings is 4. The maximum Gasteiger partial charge on any atom is 0.253 e. The second-order valence-corrected chi connectivity index (χ2v) is 11.7. The van der Waals surface area contributed by atoms with Gasteiger partial charge >= 0.3 is 0 Å². The van der Waals surface area contributed by atoms with Crippen molar-refractivity contribution in [1.82, 2.24) is 14.9 Å². The number of amides is 1. The van der Waals surface area contributed by atoms with Gasteiger partial charge in [-0.2, -0.15) is 0 Å². The standard InChI is InChI=1S/C36H38N4O/c1-37-35-24-31(18-19-40(37)26-27-8-4-2-5-9-27)33-17-16-32(25-34(33)35)38-20-22-39(23-21-38)36(41)30-14-12-29(13-15-30)28-10-6-3-7-11-28/h2-17,25,31,35H,18-24,26H2,1H3/t31-,35-/m1/s1. The Morgan fingerprint density at radius 1 is 0.732 bits per heavy atom. The van der Waals surface area contributed by atoms with Crippen LogP contribution in [-0.4, -0.2) is 60.6 Å². The highest BCUT2D eigenvalue weighted by atomic mass is 16.2. The summed E-state index contributed by atoms with van der Waals surface area (Å²) in [6.45, 7) is 5.26. The van der Waals surface area contributed by atoms with Crippen molar-refractivity contribution in [2.24, 2.45) is 0 Å². The summed E-state index contributed by atoms with van der Waals surface area (Å²) in [4.78, 5) is 17.8. The average molecular weight is 543 g/mol. The molecule has 7 rings (SSSR count). The van der Waals surface area contributed by atoms with Crippen LogP contribution in [-0.2, 0) is 6.54 Å². The van der Waals surface area contributed by atoms with Gasteiger partial charge in [-0.25, -0.2) is 10.0 Å². The lowest BCUT2D eigenvalue weighted by atomic mass is 9.97. The highest BCUT2D eigenvalue weighted by Gasteiger charge is 2.38. The van der Waals surface area contributed by atoms with Crippen LogP contribution in [0.3, 0.4) is 0 Å². The smallest absolute Gasteiger partial charge is 0.253 e. The number of fused-ring (bicyclic) bond motifs is 5. The normalized spacial score (nSPS) is 21.0. The minimum Gasteiger partial charge on any atom is -0.368 e. The molecule has 0 spiro atoms. The maximum absolute atomic E-state index is 13.3. The molecule has 2 bridgehead atoms. The molecule has 5 heteroatoms. The average Bonchev–Trinajstić information content (AvgIpc) is 3.32. The van der Waals surface area contributed by atoms with Gasteiger partial charge in [0.2, 0.25) is 0 Å². The molecule has 2 saturated heterocycles. The number of piperazine rings is 1. The van der Waals surface area contributed by atoms with Crippen molar-refractivity contribution < 1.29 is 4.79 Å². The Hall–Kier alpha value is -3.93. The monoisotopic (exact) mass is 542 g/mol. The van der Waals surface area contributed by atoms with Crippen LogP contribution >= 0.6 is 0 Å². The molecule has 0 unspecified atom stereocenters. The second-order valence-electron chi connectivity index (χ2n) is 11.7. The molecule has 0 saturated carbocycles. The SMILES string of the molecule is CN1[C@@H]2C[C@@H](CCN1Cc1ccccc1)c1ccc(N3CCN(C(=O)c4ccc(-c5ccccc5)cc4)CC3)cc12. The fraction of sp³-hybridized carbons (Fsp3) is 0.306. The van der Waals surface area contributed by atoms with Gasteiger partial charge in [-0.1, -0.05) is 78.9 Å². The van der Waals surface area contributed by atoms with Gasteiger partial charge in [-0.05, 0) is 70.8 Å². The first-order chi connectivity index (χ1) is 20.1. The Morgan fingerprint density at radius 3 is 2.15 bits per heavy atom. The third kappa shape index (κ3) is 5.16. The molecule has 4 aromatic rings. The zero-order chi connectivity index (χ0) is 27.8. The molecule has 0 radical (unpaired) electrons. The third-order valence-corrected chi connectivity index (χ3v) is 9.39. The van der Waals surface area contributed by atoms with Gasteiger partial charge in [0.15, 0.2) is 0 Å². The van der Waals surface area contributed by atoms with E-state index in [4.69, 9.17) is 0 Å². The van der Waals surface area contributed by atoms with Crippen LogP contribution < -0.4 is 4.90 Å². The minimum absolute atomic E-state index is 0.128. The van der Waals surface area contributed by atoms with E-state index in [9.17, 15) is 4.79 Å². The van der Waals surface area contributed by atoms with Crippen molar-refractivity contribution in [1.29, 1.82) is 0 Å². The van der Waals surface area contributed by atoms with E-state index in [-0.39, 0.29) is 5.91 Å². The summed E-state index contributed by atoms with van der Waals surface area (Å²) in [5, 5.41) is 5.04. The number of carbonyl (C=O) groups is 1. The minimum atomic E-state index is 0.128. The van der Waals surface area contributed by atoms with Crippen molar-refractivity contribution in [3.8, 4) is 11.1 Å². The largest absolute Gasteiger partial charge is 0.368 e. The van der Waals surface area contributed by atoms with E-state index in [0.717, 1.165) is 50.4 Å². The Labute approximate surface area is 243 Å². The van der Waals surface area contributed by atoms with Crippen LogP contribution in [0, 0.1) is 0 Å². The molecular weight excluding hydrogens is 504 g/mol. The summed E-state index contributed by atoms with van der Waals surface area (Å²) in [6.07, 6.45) is 2.40. The van der Waals surface area contributed by atoms with Crippen LogP contribution in [0.15, 0.2) is 103 Å². The third-order valence-electron chi connectivity index (χ3n) is 9.39. The lowest BCUT2D eigenvalue weighted by Crippen LogP contribution is -2.48. The first-order valence-electron chi connectivity index (χ1n) is 15.0. The maximum atomic E-state index is 13.3. The fourth-order valence-electron chi connectivity index (χ4n) is 7.00. The highest BCUT2D eigenvalue weighted by Crippen LogP contribution is 2.48. The van der Waals surface area contributed by atoms with Crippen molar-refractivity contribution in [2.75, 3.05) is 44.7 Å². The van der Waals surface area contributed by atoms with Crippen molar-refractivity contribution in [3.05, 3.63) is 125 Å². The Bertz CT molecular complexity index is 1500. The van der Waals surface area contributed by atoms with E-state index < -0.39 is 0 Å². The zero-order valence-electron chi connectivity index (χ0n) is 23.8. The summed E-state index contributed by atoms with van der Waals surface area (Å²) in [7, 11) is 2.27. The number of hydrazine groups is 1. The molecule has 1 amide bonds. The van der Waals surface area contributed by atoms with E-state index in [0.29, 0.717) is 12.0 Å². The van der Waals surface area contributed by atoms with Gasteiger partial charge in [0.05, 0.1) is 6.04 Å². The quantitative estimate of drug-likeness (QED) is 0.284. The van der Waals surface area contributed by atoms with E-state index in [1.165, 1.54) is 40.8 Å². The van der Waals surface area contributed by atoms with Crippen molar-refractivity contribution in [3.63, 3.8) is 0 Å². The molecule has 2 heterocycles. The Morgan fingerprint density at radius 2 is 1.41 bits per heavy atom. The van der Waals surface area contributed by atoms with Crippen LogP contribution in [0.1, 0.15) is 51.8 Å². The highest BCUT2D eigenvalue weighted by molar-refractivity contribution is 5.95. The van der Waals surface area contributed by atoms with Gasteiger partial charge in [0.1, 0.15) is 0 Å². The van der Waals surface area contributed by atoms with E-state index in [1.807, 2.05) is 35.2 Å². The molecule has 5 nitrogen and oxygen atoms in total. The molecule has 1 aliphatic carbocycles. The van der Waals surface area contributed by atoms with E-state index in [2.05, 4.69) is 94.8 Å². The van der Waals surface area contributed by atoms with E-state index in [1.54, 1.807) is 0 Å². The van der Waals surface area contributed by atoms with Crippen LogP contribution in [0.2, 0.25) is 0 Å². The Balaban J connectivity index is 1.01. The second kappa shape index (κ2) is 11.2. The van der Waals surface area contributed by atoms with Crippen molar-refractivity contribution >= 4 is 11.6 Å². The molecule has 4 aromatic carbocycles. The van der Waals surface area contributed by atoms with Crippen LogP contribution in [0.5, 0.6) is 0 Å². The predicted octanol–water partition coefficient (Wildman–Crippen LogP) is 6.60. The fourth-order valence-corrected chi connectivity index (χ4v) is 7.00. The molecule has 2 atom stereocenters. The molecule has 0 N–H and O–H groups in total. The van der Waals surface area contributed by atoms with Gasteiger partial charge in [0, 0.05) is 57.6 Å². The first kappa shape index (κ1) is 26.0. The van der Waals surface area contributed by atoms with E-state index >= 15 is 0 Å². The van der Waals surface area contributed by atoms with Crippen LogP contribution in [0.25, 0.3) is 11.1 Å². The molecule has 3 aliphatic rings. The number of rotatable bonds is 5. The first-order valence-corrected chi connectivity index (χ1v) is 15.0. The van der Waals surface area contributed by atoms with Gasteiger partial charge < -0.3 is 9.80 Å². The summed E-state index contributed by atoms with van der Waals surface area (Å²) in [5.74, 6) is 0.762. The lowest BCUT2D eigenvalue weighted by Gasteiger charge is -2.38. The predicted molar refractivity (Wildman–Crippen MR) is 166 cm³/mol. The molecular formula is C36H38N4O. The zero-order valence-corrected chi connectivity index (χ0v) is 23.8. The summed E-state index contributed by atoms with van der Waals surface area (Å²) in [5.41, 5.74) is 8.76. The molecule has 2 aliphatic heterocycles. The number of carbonyl (C=O) groups excluding carboxylic acids is 1. The number of nitrogens with zero attached hydrogens (tertiary/aromatic N) is 4. The Kier molecular flexibility index (Phi) is 7.07. The van der Waals surface area contributed by atoms with Crippen molar-refractivity contribution in [2.45, 2.75) is 31.3 Å². The molecule has 2 fully saturated rings. The molecule has 0 aromatic heterocycles. The van der Waals surface area contributed by atoms with Crippen LogP contribution in [0.4, 0.5) is 5.69 Å².